The highest BCUT2D eigenvalue weighted by atomic mass is 35.5. The number of hydrogen-bond acceptors (Lipinski definition) is 4. The van der Waals surface area contributed by atoms with E-state index in [1.165, 1.54) is 44.5 Å². The fourth-order valence-corrected chi connectivity index (χ4v) is 13.1. The van der Waals surface area contributed by atoms with E-state index >= 15 is 0 Å². The highest BCUT2D eigenvalue weighted by Gasteiger charge is 2.50. The molecule has 0 radical (unpaired) electrons. The standard InChI is InChI=1S/C59H56Cl2N2O2/c1-57(2)47-21-11-9-19-41(47)43-25-23-37(29-49(43)57)62(35-15-13-17-39(27-35)64-7)55-33-51-45(31-53(55)60)46-32-54(61)56(34-52(46)59(51,5)6)63(36-16-14-18-40(28-36)65-8)38-24-26-44-42-20-10-12-22-48(42)58(3,4)50(44)30-38/h9-23,25,27-29,31-34,38,44,50H,24,26,30H2,1-8H3. The lowest BCUT2D eigenvalue weighted by Crippen LogP contribution is -2.41. The second kappa shape index (κ2) is 15.2. The van der Waals surface area contributed by atoms with Crippen LogP contribution in [0, 0.1) is 5.92 Å². The van der Waals surface area contributed by atoms with Crippen LogP contribution in [0.15, 0.2) is 140 Å². The molecule has 3 atom stereocenters. The van der Waals surface area contributed by atoms with Gasteiger partial charge in [-0.15, -0.1) is 0 Å². The molecule has 6 heteroatoms. The third-order valence-corrected chi connectivity index (χ3v) is 16.6. The van der Waals surface area contributed by atoms with Crippen LogP contribution >= 0.6 is 23.2 Å². The van der Waals surface area contributed by atoms with Crippen molar-refractivity contribution in [2.75, 3.05) is 24.0 Å². The third kappa shape index (κ3) is 6.38. The predicted octanol–water partition coefficient (Wildman–Crippen LogP) is 16.5. The minimum absolute atomic E-state index is 0.0715. The van der Waals surface area contributed by atoms with Gasteiger partial charge in [0.2, 0.25) is 0 Å². The first-order valence-corrected chi connectivity index (χ1v) is 23.9. The molecule has 0 amide bonds. The van der Waals surface area contributed by atoms with E-state index in [4.69, 9.17) is 32.7 Å². The Morgan fingerprint density at radius 3 is 1.75 bits per heavy atom. The second-order valence-corrected chi connectivity index (χ2v) is 21.1. The summed E-state index contributed by atoms with van der Waals surface area (Å²) >= 11 is 15.2. The Morgan fingerprint density at radius 2 is 1.05 bits per heavy atom. The van der Waals surface area contributed by atoms with Gasteiger partial charge in [-0.1, -0.05) is 131 Å². The average molecular weight is 896 g/mol. The van der Waals surface area contributed by atoms with Gasteiger partial charge < -0.3 is 19.3 Å². The van der Waals surface area contributed by atoms with Crippen LogP contribution in [0.25, 0.3) is 22.3 Å². The van der Waals surface area contributed by atoms with Gasteiger partial charge in [-0.05, 0) is 153 Å². The fourth-order valence-electron chi connectivity index (χ4n) is 12.6. The Labute approximate surface area is 394 Å². The number of methoxy groups -OCH3 is 2. The molecule has 328 valence electrons. The Hall–Kier alpha value is -5.68. The average Bonchev–Trinajstić information content (AvgIpc) is 3.78. The van der Waals surface area contributed by atoms with Crippen molar-refractivity contribution < 1.29 is 9.47 Å². The van der Waals surface area contributed by atoms with Gasteiger partial charge in [0.05, 0.1) is 35.6 Å². The van der Waals surface area contributed by atoms with E-state index in [0.717, 1.165) is 75.3 Å². The number of halogens is 2. The van der Waals surface area contributed by atoms with Gasteiger partial charge in [0.15, 0.2) is 0 Å². The normalized spacial score (nSPS) is 19.9. The molecule has 0 heterocycles. The number of rotatable bonds is 8. The van der Waals surface area contributed by atoms with Crippen molar-refractivity contribution >= 4 is 51.6 Å². The fraction of sp³-hybridized carbons (Fsp3) is 0.288. The van der Waals surface area contributed by atoms with E-state index in [1.807, 2.05) is 18.2 Å². The van der Waals surface area contributed by atoms with Crippen molar-refractivity contribution in [1.29, 1.82) is 0 Å². The van der Waals surface area contributed by atoms with Crippen LogP contribution in [-0.4, -0.2) is 20.3 Å². The summed E-state index contributed by atoms with van der Waals surface area (Å²) < 4.78 is 11.6. The number of benzene rings is 7. The number of nitrogens with zero attached hydrogens (tertiary/aromatic N) is 2. The first-order valence-electron chi connectivity index (χ1n) is 23.1. The summed E-state index contributed by atoms with van der Waals surface area (Å²) in [5.41, 5.74) is 17.5. The number of hydrogen-bond donors (Lipinski definition) is 0. The third-order valence-electron chi connectivity index (χ3n) is 15.9. The minimum atomic E-state index is -0.377. The first-order chi connectivity index (χ1) is 31.2. The van der Waals surface area contributed by atoms with Gasteiger partial charge in [-0.25, -0.2) is 0 Å². The van der Waals surface area contributed by atoms with Gasteiger partial charge in [0.25, 0.3) is 0 Å². The highest BCUT2D eigenvalue weighted by Crippen LogP contribution is 2.60. The summed E-state index contributed by atoms with van der Waals surface area (Å²) in [5, 5.41) is 1.39. The molecule has 0 N–H and O–H groups in total. The van der Waals surface area contributed by atoms with Crippen molar-refractivity contribution in [3.8, 4) is 33.8 Å². The molecule has 0 spiro atoms. The zero-order chi connectivity index (χ0) is 45.2. The quantitative estimate of drug-likeness (QED) is 0.152. The monoisotopic (exact) mass is 894 g/mol. The van der Waals surface area contributed by atoms with Crippen molar-refractivity contribution in [1.82, 2.24) is 0 Å². The van der Waals surface area contributed by atoms with E-state index in [2.05, 4.69) is 173 Å². The molecule has 4 nitrogen and oxygen atoms in total. The van der Waals surface area contributed by atoms with Crippen molar-refractivity contribution in [2.45, 2.75) is 89.0 Å². The van der Waals surface area contributed by atoms with Crippen LogP contribution in [0.4, 0.5) is 28.4 Å². The SMILES string of the molecule is COc1cccc(N(c2ccc3c(c2)C(C)(C)c2ccccc2-3)c2cc3c(cc2Cl)-c2cc(Cl)c(N(c4cccc(OC)c4)C4CCC5c6ccccc6C(C)(C)C5C4)cc2C3(C)C)c1. The maximum Gasteiger partial charge on any atom is 0.120 e. The van der Waals surface area contributed by atoms with E-state index in [0.29, 0.717) is 16.9 Å². The summed E-state index contributed by atoms with van der Waals surface area (Å²) in [6.45, 7) is 14.3. The summed E-state index contributed by atoms with van der Waals surface area (Å²) in [7, 11) is 3.46. The molecule has 1 saturated carbocycles. The van der Waals surface area contributed by atoms with Crippen LogP contribution in [0.5, 0.6) is 11.5 Å². The molecule has 1 fully saturated rings. The Balaban J connectivity index is 1.02. The minimum Gasteiger partial charge on any atom is -0.497 e. The van der Waals surface area contributed by atoms with Crippen molar-refractivity contribution in [3.63, 3.8) is 0 Å². The molecule has 4 aliphatic carbocycles. The van der Waals surface area contributed by atoms with Gasteiger partial charge >= 0.3 is 0 Å². The molecule has 3 unspecified atom stereocenters. The molecule has 11 rings (SSSR count). The van der Waals surface area contributed by atoms with Crippen LogP contribution in [0.2, 0.25) is 10.0 Å². The molecule has 0 saturated heterocycles. The molecule has 0 bridgehead atoms. The van der Waals surface area contributed by atoms with Crippen LogP contribution in [0.3, 0.4) is 0 Å². The molecule has 4 aliphatic rings. The molecule has 0 aliphatic heterocycles. The predicted molar refractivity (Wildman–Crippen MR) is 271 cm³/mol. The van der Waals surface area contributed by atoms with Crippen molar-refractivity contribution in [3.05, 3.63) is 183 Å². The molecule has 7 aromatic rings. The maximum atomic E-state index is 7.63. The zero-order valence-electron chi connectivity index (χ0n) is 38.6. The Bertz CT molecular complexity index is 3060. The summed E-state index contributed by atoms with van der Waals surface area (Å²) in [5.74, 6) is 2.69. The second-order valence-electron chi connectivity index (χ2n) is 20.3. The highest BCUT2D eigenvalue weighted by molar-refractivity contribution is 6.35. The van der Waals surface area contributed by atoms with Gasteiger partial charge in [-0.2, -0.15) is 0 Å². The molecule has 7 aromatic carbocycles. The van der Waals surface area contributed by atoms with E-state index < -0.39 is 0 Å². The maximum absolute atomic E-state index is 7.63. The summed E-state index contributed by atoms with van der Waals surface area (Å²) in [4.78, 5) is 4.83. The summed E-state index contributed by atoms with van der Waals surface area (Å²) in [6.07, 6.45) is 3.26. The Morgan fingerprint density at radius 1 is 0.492 bits per heavy atom. The largest absolute Gasteiger partial charge is 0.497 e. The zero-order valence-corrected chi connectivity index (χ0v) is 40.1. The first kappa shape index (κ1) is 42.0. The smallest absolute Gasteiger partial charge is 0.120 e. The lowest BCUT2D eigenvalue weighted by Gasteiger charge is -2.44. The van der Waals surface area contributed by atoms with Gasteiger partial charge in [-0.3, -0.25) is 0 Å². The van der Waals surface area contributed by atoms with Crippen molar-refractivity contribution in [2.24, 2.45) is 5.92 Å². The number of anilines is 5. The van der Waals surface area contributed by atoms with Gasteiger partial charge in [0.1, 0.15) is 11.5 Å². The Kier molecular flexibility index (Phi) is 9.81. The van der Waals surface area contributed by atoms with E-state index in [1.54, 1.807) is 14.2 Å². The molecular weight excluding hydrogens is 840 g/mol. The molecular formula is C59H56Cl2N2O2. The van der Waals surface area contributed by atoms with E-state index in [-0.39, 0.29) is 22.3 Å². The van der Waals surface area contributed by atoms with Crippen LogP contribution in [0.1, 0.15) is 100 Å². The number of ether oxygens (including phenoxy) is 2. The number of fused-ring (bicyclic) bond motifs is 9. The van der Waals surface area contributed by atoms with E-state index in [9.17, 15) is 0 Å². The van der Waals surface area contributed by atoms with Crippen LogP contribution in [-0.2, 0) is 16.2 Å². The molecule has 65 heavy (non-hydrogen) atoms. The lowest BCUT2D eigenvalue weighted by atomic mass is 9.68. The van der Waals surface area contributed by atoms with Crippen LogP contribution < -0.4 is 19.3 Å². The van der Waals surface area contributed by atoms with Gasteiger partial charge in [0, 0.05) is 46.1 Å². The topological polar surface area (TPSA) is 24.9 Å². The molecule has 0 aromatic heterocycles. The summed E-state index contributed by atoms with van der Waals surface area (Å²) in [6, 6.07) is 50.9. The lowest BCUT2D eigenvalue weighted by molar-refractivity contribution is 0.213.